The molecule has 1 aromatic rings. The number of nitrogens with zero attached hydrogens (tertiary/aromatic N) is 4. The number of anilines is 1. The highest BCUT2D eigenvalue weighted by atomic mass is 15.6. The van der Waals surface area contributed by atoms with Crippen molar-refractivity contribution < 1.29 is 0 Å². The van der Waals surface area contributed by atoms with E-state index in [1.807, 2.05) is 19.2 Å². The van der Waals surface area contributed by atoms with Gasteiger partial charge < -0.3 is 0 Å². The van der Waals surface area contributed by atoms with E-state index in [0.717, 1.165) is 11.4 Å². The van der Waals surface area contributed by atoms with Crippen molar-refractivity contribution in [2.75, 3.05) is 12.1 Å². The van der Waals surface area contributed by atoms with E-state index in [2.05, 4.69) is 15.3 Å². The number of rotatable bonds is 0. The summed E-state index contributed by atoms with van der Waals surface area (Å²) in [6, 6.07) is 3.92. The molecule has 0 spiro atoms. The largest absolute Gasteiger partial charge is 0.237 e. The number of hydrogen-bond acceptors (Lipinski definition) is 4. The van der Waals surface area contributed by atoms with Gasteiger partial charge in [0, 0.05) is 18.8 Å². The molecule has 0 atom stereocenters. The summed E-state index contributed by atoms with van der Waals surface area (Å²) in [4.78, 5) is 4.17. The third kappa shape index (κ3) is 0.960. The van der Waals surface area contributed by atoms with Gasteiger partial charge in [0.25, 0.3) is 0 Å². The van der Waals surface area contributed by atoms with Gasteiger partial charge in [0.05, 0.1) is 6.54 Å². The minimum atomic E-state index is 0.646. The lowest BCUT2D eigenvalue weighted by Crippen LogP contribution is -2.14. The molecule has 0 saturated carbocycles. The first kappa shape index (κ1) is 6.27. The van der Waals surface area contributed by atoms with Gasteiger partial charge in [-0.15, -0.1) is 0 Å². The van der Waals surface area contributed by atoms with Crippen LogP contribution in [0.1, 0.15) is 5.56 Å². The Hall–Kier alpha value is -1.45. The molecule has 2 heterocycles. The van der Waals surface area contributed by atoms with Crippen molar-refractivity contribution in [3.63, 3.8) is 0 Å². The summed E-state index contributed by atoms with van der Waals surface area (Å²) >= 11 is 0. The summed E-state index contributed by atoms with van der Waals surface area (Å²) in [6.45, 7) is 0.646. The molecule has 56 valence electrons. The van der Waals surface area contributed by atoms with Gasteiger partial charge in [-0.3, -0.25) is 0 Å². The molecule has 0 N–H and O–H groups in total. The molecule has 0 amide bonds. The lowest BCUT2D eigenvalue weighted by Gasteiger charge is -2.16. The second kappa shape index (κ2) is 2.30. The lowest BCUT2D eigenvalue weighted by atomic mass is 10.2. The van der Waals surface area contributed by atoms with Crippen LogP contribution in [0.2, 0.25) is 0 Å². The Morgan fingerprint density at radius 2 is 2.45 bits per heavy atom. The maximum Gasteiger partial charge on any atom is 0.155 e. The van der Waals surface area contributed by atoms with Crippen molar-refractivity contribution in [1.82, 2.24) is 4.98 Å². The minimum Gasteiger partial charge on any atom is -0.237 e. The highest BCUT2D eigenvalue weighted by Gasteiger charge is 2.10. The summed E-state index contributed by atoms with van der Waals surface area (Å²) in [5.41, 5.74) is 1.13. The van der Waals surface area contributed by atoms with Crippen molar-refractivity contribution in [2.45, 2.75) is 6.54 Å². The maximum atomic E-state index is 4.17. The Morgan fingerprint density at radius 3 is 3.27 bits per heavy atom. The van der Waals surface area contributed by atoms with Crippen LogP contribution in [-0.2, 0) is 6.54 Å². The molecule has 0 bridgehead atoms. The van der Waals surface area contributed by atoms with Crippen LogP contribution in [0.3, 0.4) is 0 Å². The zero-order valence-corrected chi connectivity index (χ0v) is 6.23. The van der Waals surface area contributed by atoms with Gasteiger partial charge in [-0.05, 0) is 6.07 Å². The average molecular weight is 148 g/mol. The van der Waals surface area contributed by atoms with Crippen LogP contribution in [0.5, 0.6) is 0 Å². The standard InChI is InChI=1S/C7H8N4/c1-11-7-6(5-9-10-11)3-2-4-8-7/h2-4H,5H2,1H3. The van der Waals surface area contributed by atoms with Crippen molar-refractivity contribution in [2.24, 2.45) is 10.3 Å². The number of hydrogen-bond donors (Lipinski definition) is 0. The van der Waals surface area contributed by atoms with Crippen molar-refractivity contribution >= 4 is 5.82 Å². The smallest absolute Gasteiger partial charge is 0.155 e. The molecule has 4 heteroatoms. The number of aromatic nitrogens is 1. The van der Waals surface area contributed by atoms with E-state index in [-0.39, 0.29) is 0 Å². The van der Waals surface area contributed by atoms with Gasteiger partial charge in [-0.2, -0.15) is 5.11 Å². The second-order valence-corrected chi connectivity index (χ2v) is 2.40. The fourth-order valence-electron chi connectivity index (χ4n) is 1.09. The Morgan fingerprint density at radius 1 is 1.55 bits per heavy atom. The summed E-state index contributed by atoms with van der Waals surface area (Å²) < 4.78 is 0. The minimum absolute atomic E-state index is 0.646. The van der Waals surface area contributed by atoms with Crippen LogP contribution in [0.15, 0.2) is 28.7 Å². The van der Waals surface area contributed by atoms with Crippen LogP contribution in [0, 0.1) is 0 Å². The fourth-order valence-corrected chi connectivity index (χ4v) is 1.09. The Bertz CT molecular complexity index is 294. The summed E-state index contributed by atoms with van der Waals surface area (Å²) in [5.74, 6) is 0.905. The number of pyridine rings is 1. The van der Waals surface area contributed by atoms with E-state index in [1.54, 1.807) is 11.2 Å². The summed E-state index contributed by atoms with van der Waals surface area (Å²) in [7, 11) is 1.84. The molecule has 0 aliphatic carbocycles. The van der Waals surface area contributed by atoms with Crippen LogP contribution >= 0.6 is 0 Å². The van der Waals surface area contributed by atoms with E-state index in [0.29, 0.717) is 6.54 Å². The van der Waals surface area contributed by atoms with Crippen LogP contribution in [0.4, 0.5) is 5.82 Å². The van der Waals surface area contributed by atoms with Gasteiger partial charge in [0.15, 0.2) is 5.82 Å². The first-order chi connectivity index (χ1) is 5.38. The molecule has 0 radical (unpaired) electrons. The molecule has 2 rings (SSSR count). The van der Waals surface area contributed by atoms with E-state index in [4.69, 9.17) is 0 Å². The quantitative estimate of drug-likeness (QED) is 0.558. The van der Waals surface area contributed by atoms with Gasteiger partial charge >= 0.3 is 0 Å². The first-order valence-electron chi connectivity index (χ1n) is 3.43. The average Bonchev–Trinajstić information content (AvgIpc) is 2.06. The van der Waals surface area contributed by atoms with Gasteiger partial charge in [0.2, 0.25) is 0 Å². The molecule has 4 nitrogen and oxygen atoms in total. The Kier molecular flexibility index (Phi) is 1.31. The second-order valence-electron chi connectivity index (χ2n) is 2.40. The predicted molar refractivity (Wildman–Crippen MR) is 41.2 cm³/mol. The normalized spacial score (nSPS) is 14.8. The number of fused-ring (bicyclic) bond motifs is 1. The summed E-state index contributed by atoms with van der Waals surface area (Å²) in [5, 5.41) is 9.46. The monoisotopic (exact) mass is 148 g/mol. The van der Waals surface area contributed by atoms with Crippen LogP contribution in [0.25, 0.3) is 0 Å². The fraction of sp³-hybridized carbons (Fsp3) is 0.286. The molecule has 1 aliphatic heterocycles. The van der Waals surface area contributed by atoms with Crippen molar-refractivity contribution in [1.29, 1.82) is 0 Å². The van der Waals surface area contributed by atoms with E-state index in [9.17, 15) is 0 Å². The molecule has 0 fully saturated rings. The zero-order chi connectivity index (χ0) is 7.68. The molecule has 1 aliphatic rings. The maximum absolute atomic E-state index is 4.17. The molecular formula is C7H8N4. The molecule has 0 aromatic carbocycles. The first-order valence-corrected chi connectivity index (χ1v) is 3.43. The highest BCUT2D eigenvalue weighted by Crippen LogP contribution is 2.20. The molecule has 11 heavy (non-hydrogen) atoms. The predicted octanol–water partition coefficient (Wildman–Crippen LogP) is 1.40. The van der Waals surface area contributed by atoms with Crippen LogP contribution in [-0.4, -0.2) is 12.0 Å². The van der Waals surface area contributed by atoms with Gasteiger partial charge in [-0.25, -0.2) is 9.99 Å². The molecule has 0 unspecified atom stereocenters. The van der Waals surface area contributed by atoms with Crippen LogP contribution < -0.4 is 5.01 Å². The molecule has 1 aromatic heterocycles. The van der Waals surface area contributed by atoms with E-state index < -0.39 is 0 Å². The Labute approximate surface area is 64.6 Å². The lowest BCUT2D eigenvalue weighted by molar-refractivity contribution is 0.771. The third-order valence-electron chi connectivity index (χ3n) is 1.61. The molecule has 0 saturated heterocycles. The van der Waals surface area contributed by atoms with E-state index >= 15 is 0 Å². The topological polar surface area (TPSA) is 40.9 Å². The van der Waals surface area contributed by atoms with Crippen molar-refractivity contribution in [3.8, 4) is 0 Å². The van der Waals surface area contributed by atoms with Crippen molar-refractivity contribution in [3.05, 3.63) is 23.9 Å². The molecular weight excluding hydrogens is 140 g/mol. The third-order valence-corrected chi connectivity index (χ3v) is 1.61. The Balaban J connectivity index is 2.50. The van der Waals surface area contributed by atoms with Gasteiger partial charge in [-0.1, -0.05) is 11.3 Å². The highest BCUT2D eigenvalue weighted by molar-refractivity contribution is 5.45. The SMILES string of the molecule is CN1N=NCc2cccnc21. The zero-order valence-electron chi connectivity index (χ0n) is 6.23. The van der Waals surface area contributed by atoms with Gasteiger partial charge in [0.1, 0.15) is 0 Å². The van der Waals surface area contributed by atoms with E-state index in [1.165, 1.54) is 0 Å². The summed E-state index contributed by atoms with van der Waals surface area (Å²) in [6.07, 6.45) is 1.76.